The SMILES string of the molecule is CCC(C)(O)CNC(=O)c1cc(Cl)ccc1OC. The molecule has 0 aliphatic heterocycles. The third-order valence-corrected chi connectivity index (χ3v) is 3.03. The molecule has 0 saturated heterocycles. The number of amides is 1. The molecule has 0 aliphatic carbocycles. The van der Waals surface area contributed by atoms with Crippen molar-refractivity contribution < 1.29 is 14.6 Å². The van der Waals surface area contributed by atoms with E-state index in [-0.39, 0.29) is 12.5 Å². The number of methoxy groups -OCH3 is 1. The van der Waals surface area contributed by atoms with Crippen LogP contribution in [0.15, 0.2) is 18.2 Å². The van der Waals surface area contributed by atoms with Crippen LogP contribution >= 0.6 is 11.6 Å². The molecule has 1 atom stereocenters. The molecule has 1 aromatic carbocycles. The molecule has 0 bridgehead atoms. The van der Waals surface area contributed by atoms with Gasteiger partial charge in [-0.05, 0) is 31.5 Å². The van der Waals surface area contributed by atoms with Crippen LogP contribution in [0.2, 0.25) is 5.02 Å². The van der Waals surface area contributed by atoms with Crippen LogP contribution in [0.3, 0.4) is 0 Å². The third kappa shape index (κ3) is 3.89. The van der Waals surface area contributed by atoms with E-state index in [1.165, 1.54) is 13.2 Å². The Kier molecular flexibility index (Phi) is 4.99. The number of hydrogen-bond donors (Lipinski definition) is 2. The van der Waals surface area contributed by atoms with Crippen LogP contribution in [0.4, 0.5) is 0 Å². The molecule has 1 rings (SSSR count). The van der Waals surface area contributed by atoms with Crippen LogP contribution in [-0.4, -0.2) is 30.3 Å². The maximum absolute atomic E-state index is 12.0. The van der Waals surface area contributed by atoms with Gasteiger partial charge in [0.2, 0.25) is 0 Å². The quantitative estimate of drug-likeness (QED) is 0.863. The van der Waals surface area contributed by atoms with E-state index in [0.29, 0.717) is 22.8 Å². The van der Waals surface area contributed by atoms with E-state index in [1.807, 2.05) is 6.92 Å². The minimum atomic E-state index is -0.915. The number of rotatable bonds is 5. The molecule has 0 heterocycles. The lowest BCUT2D eigenvalue weighted by Crippen LogP contribution is -2.40. The van der Waals surface area contributed by atoms with Gasteiger partial charge in [-0.1, -0.05) is 18.5 Å². The van der Waals surface area contributed by atoms with Crippen molar-refractivity contribution in [2.24, 2.45) is 0 Å². The number of carbonyl (C=O) groups is 1. The van der Waals surface area contributed by atoms with Crippen molar-refractivity contribution in [1.82, 2.24) is 5.32 Å². The van der Waals surface area contributed by atoms with Gasteiger partial charge in [0.15, 0.2) is 0 Å². The van der Waals surface area contributed by atoms with E-state index in [4.69, 9.17) is 16.3 Å². The van der Waals surface area contributed by atoms with E-state index in [2.05, 4.69) is 5.32 Å². The zero-order valence-corrected chi connectivity index (χ0v) is 11.5. The van der Waals surface area contributed by atoms with Crippen molar-refractivity contribution in [1.29, 1.82) is 0 Å². The first-order chi connectivity index (χ1) is 8.39. The van der Waals surface area contributed by atoms with Gasteiger partial charge in [-0.25, -0.2) is 0 Å². The fourth-order valence-electron chi connectivity index (χ4n) is 1.35. The fraction of sp³-hybridized carbons (Fsp3) is 0.462. The minimum absolute atomic E-state index is 0.179. The van der Waals surface area contributed by atoms with Gasteiger partial charge in [-0.15, -0.1) is 0 Å². The summed E-state index contributed by atoms with van der Waals surface area (Å²) in [5.41, 5.74) is -0.557. The molecule has 4 nitrogen and oxygen atoms in total. The molecule has 0 saturated carbocycles. The average Bonchev–Trinajstić information content (AvgIpc) is 2.36. The summed E-state index contributed by atoms with van der Waals surface area (Å²) in [6, 6.07) is 4.82. The van der Waals surface area contributed by atoms with Gasteiger partial charge < -0.3 is 15.2 Å². The highest BCUT2D eigenvalue weighted by molar-refractivity contribution is 6.31. The molecule has 1 amide bonds. The summed E-state index contributed by atoms with van der Waals surface area (Å²) in [6.45, 7) is 3.70. The van der Waals surface area contributed by atoms with E-state index >= 15 is 0 Å². The number of carbonyl (C=O) groups excluding carboxylic acids is 1. The molecule has 1 unspecified atom stereocenters. The van der Waals surface area contributed by atoms with Gasteiger partial charge in [-0.3, -0.25) is 4.79 Å². The van der Waals surface area contributed by atoms with Crippen LogP contribution in [0, 0.1) is 0 Å². The highest BCUT2D eigenvalue weighted by Crippen LogP contribution is 2.22. The highest BCUT2D eigenvalue weighted by Gasteiger charge is 2.20. The topological polar surface area (TPSA) is 58.6 Å². The molecule has 0 spiro atoms. The number of halogens is 1. The number of benzene rings is 1. The van der Waals surface area contributed by atoms with Crippen molar-refractivity contribution >= 4 is 17.5 Å². The Labute approximate surface area is 112 Å². The van der Waals surface area contributed by atoms with Crippen LogP contribution in [0.5, 0.6) is 5.75 Å². The Balaban J connectivity index is 2.81. The zero-order valence-electron chi connectivity index (χ0n) is 10.8. The standard InChI is InChI=1S/C13H18ClNO3/c1-4-13(2,17)8-15-12(16)10-7-9(14)5-6-11(10)18-3/h5-7,17H,4,8H2,1-3H3,(H,15,16). The zero-order chi connectivity index (χ0) is 13.8. The van der Waals surface area contributed by atoms with Crippen molar-refractivity contribution in [3.05, 3.63) is 28.8 Å². The van der Waals surface area contributed by atoms with Crippen LogP contribution in [-0.2, 0) is 0 Å². The van der Waals surface area contributed by atoms with E-state index < -0.39 is 5.60 Å². The van der Waals surface area contributed by atoms with Gasteiger partial charge in [0.1, 0.15) is 5.75 Å². The fourth-order valence-corrected chi connectivity index (χ4v) is 1.52. The Hall–Kier alpha value is -1.26. The Morgan fingerprint density at radius 2 is 2.22 bits per heavy atom. The second-order valence-corrected chi connectivity index (χ2v) is 4.81. The second kappa shape index (κ2) is 6.07. The Morgan fingerprint density at radius 1 is 1.56 bits per heavy atom. The molecule has 0 aromatic heterocycles. The maximum atomic E-state index is 12.0. The first-order valence-corrected chi connectivity index (χ1v) is 6.11. The van der Waals surface area contributed by atoms with E-state index in [0.717, 1.165) is 0 Å². The summed E-state index contributed by atoms with van der Waals surface area (Å²) < 4.78 is 5.10. The summed E-state index contributed by atoms with van der Waals surface area (Å²) >= 11 is 5.85. The molecule has 1 aromatic rings. The van der Waals surface area contributed by atoms with Gasteiger partial charge in [0.05, 0.1) is 18.3 Å². The Bertz CT molecular complexity index is 432. The van der Waals surface area contributed by atoms with Crippen molar-refractivity contribution in [2.45, 2.75) is 25.9 Å². The lowest BCUT2D eigenvalue weighted by molar-refractivity contribution is 0.0517. The van der Waals surface area contributed by atoms with Crippen LogP contribution in [0.1, 0.15) is 30.6 Å². The molecular formula is C13H18ClNO3. The van der Waals surface area contributed by atoms with Gasteiger partial charge in [-0.2, -0.15) is 0 Å². The number of aliphatic hydroxyl groups is 1. The van der Waals surface area contributed by atoms with E-state index in [9.17, 15) is 9.90 Å². The number of ether oxygens (including phenoxy) is 1. The molecule has 2 N–H and O–H groups in total. The molecule has 0 fully saturated rings. The minimum Gasteiger partial charge on any atom is -0.496 e. The van der Waals surface area contributed by atoms with Crippen molar-refractivity contribution in [3.63, 3.8) is 0 Å². The first-order valence-electron chi connectivity index (χ1n) is 5.73. The largest absolute Gasteiger partial charge is 0.496 e. The third-order valence-electron chi connectivity index (χ3n) is 2.80. The van der Waals surface area contributed by atoms with Crippen molar-refractivity contribution in [3.8, 4) is 5.75 Å². The van der Waals surface area contributed by atoms with Gasteiger partial charge in [0, 0.05) is 11.6 Å². The predicted molar refractivity (Wildman–Crippen MR) is 71.3 cm³/mol. The van der Waals surface area contributed by atoms with Gasteiger partial charge in [0.25, 0.3) is 5.91 Å². The molecule has 5 heteroatoms. The predicted octanol–water partition coefficient (Wildman–Crippen LogP) is 2.24. The van der Waals surface area contributed by atoms with Gasteiger partial charge >= 0.3 is 0 Å². The highest BCUT2D eigenvalue weighted by atomic mass is 35.5. The number of nitrogens with one attached hydrogen (secondary N) is 1. The summed E-state index contributed by atoms with van der Waals surface area (Å²) in [7, 11) is 1.49. The van der Waals surface area contributed by atoms with Crippen LogP contribution in [0.25, 0.3) is 0 Å². The molecule has 18 heavy (non-hydrogen) atoms. The second-order valence-electron chi connectivity index (χ2n) is 4.38. The smallest absolute Gasteiger partial charge is 0.255 e. The molecular weight excluding hydrogens is 254 g/mol. The van der Waals surface area contributed by atoms with Crippen molar-refractivity contribution in [2.75, 3.05) is 13.7 Å². The van der Waals surface area contributed by atoms with Crippen LogP contribution < -0.4 is 10.1 Å². The summed E-state index contributed by atoms with van der Waals surface area (Å²) in [5.74, 6) is 0.135. The normalized spacial score (nSPS) is 13.8. The lowest BCUT2D eigenvalue weighted by Gasteiger charge is -2.21. The molecule has 100 valence electrons. The summed E-state index contributed by atoms with van der Waals surface area (Å²) in [4.78, 5) is 12.0. The first kappa shape index (κ1) is 14.8. The molecule has 0 aliphatic rings. The Morgan fingerprint density at radius 3 is 2.78 bits per heavy atom. The lowest BCUT2D eigenvalue weighted by atomic mass is 10.0. The number of hydrogen-bond acceptors (Lipinski definition) is 3. The molecule has 0 radical (unpaired) electrons. The summed E-state index contributed by atoms with van der Waals surface area (Å²) in [5, 5.41) is 13.0. The monoisotopic (exact) mass is 271 g/mol. The maximum Gasteiger partial charge on any atom is 0.255 e. The average molecular weight is 272 g/mol. The van der Waals surface area contributed by atoms with E-state index in [1.54, 1.807) is 19.1 Å². The summed E-state index contributed by atoms with van der Waals surface area (Å²) in [6.07, 6.45) is 0.556.